The highest BCUT2D eigenvalue weighted by atomic mass is 79.9. The van der Waals surface area contributed by atoms with E-state index in [0.29, 0.717) is 10.8 Å². The number of hydrogen-bond acceptors (Lipinski definition) is 1. The third kappa shape index (κ3) is 2.18. The van der Waals surface area contributed by atoms with Crippen molar-refractivity contribution < 1.29 is 5.11 Å². The summed E-state index contributed by atoms with van der Waals surface area (Å²) in [5, 5.41) is 10.1. The highest BCUT2D eigenvalue weighted by molar-refractivity contribution is 9.09. The van der Waals surface area contributed by atoms with Crippen molar-refractivity contribution in [2.24, 2.45) is 34.5 Å². The van der Waals surface area contributed by atoms with E-state index < -0.39 is 0 Å². The molecule has 0 aliphatic heterocycles. The normalized spacial score (nSPS) is 60.0. The molecule has 0 radical (unpaired) electrons. The van der Waals surface area contributed by atoms with Gasteiger partial charge in [0.2, 0.25) is 0 Å². The summed E-state index contributed by atoms with van der Waals surface area (Å²) in [5.41, 5.74) is 1.15. The summed E-state index contributed by atoms with van der Waals surface area (Å²) in [7, 11) is 0. The maximum absolute atomic E-state index is 10.1. The van der Waals surface area contributed by atoms with Gasteiger partial charge in [0.1, 0.15) is 0 Å². The van der Waals surface area contributed by atoms with E-state index in [1.807, 2.05) is 0 Å². The highest BCUT2D eigenvalue weighted by Crippen LogP contribution is 2.66. The van der Waals surface area contributed by atoms with Crippen LogP contribution in [0.25, 0.3) is 0 Å². The minimum absolute atomic E-state index is 0.00751. The van der Waals surface area contributed by atoms with E-state index in [1.54, 1.807) is 0 Å². The predicted octanol–water partition coefficient (Wildman–Crippen LogP) is 5.15. The Morgan fingerprint density at radius 1 is 0.952 bits per heavy atom. The van der Waals surface area contributed by atoms with Gasteiger partial charge in [-0.05, 0) is 92.3 Å². The molecule has 1 nitrogen and oxygen atoms in total. The summed E-state index contributed by atoms with van der Waals surface area (Å²) in [6.45, 7) is 5.16. The largest absolute Gasteiger partial charge is 0.393 e. The van der Waals surface area contributed by atoms with Crippen molar-refractivity contribution in [3.05, 3.63) is 0 Å². The maximum Gasteiger partial charge on any atom is 0.0543 e. The Bertz CT molecular complexity index is 424. The van der Waals surface area contributed by atoms with Crippen LogP contribution < -0.4 is 0 Å². The van der Waals surface area contributed by atoms with E-state index in [4.69, 9.17) is 0 Å². The molecule has 0 aromatic rings. The fourth-order valence-corrected chi connectivity index (χ4v) is 8.35. The van der Waals surface area contributed by atoms with Crippen molar-refractivity contribution in [3.8, 4) is 0 Å². The molecule has 2 heteroatoms. The number of halogens is 1. The second-order valence-corrected chi connectivity index (χ2v) is 10.6. The number of aliphatic hydroxyl groups is 1. The van der Waals surface area contributed by atoms with Crippen LogP contribution in [0.1, 0.15) is 71.6 Å². The van der Waals surface area contributed by atoms with Gasteiger partial charge >= 0.3 is 0 Å². The Morgan fingerprint density at radius 3 is 2.57 bits per heavy atom. The van der Waals surface area contributed by atoms with Crippen LogP contribution in [0.15, 0.2) is 0 Å². The van der Waals surface area contributed by atoms with Crippen molar-refractivity contribution in [1.29, 1.82) is 0 Å². The first-order chi connectivity index (χ1) is 9.92. The van der Waals surface area contributed by atoms with Gasteiger partial charge in [0, 0.05) is 4.83 Å². The molecule has 21 heavy (non-hydrogen) atoms. The van der Waals surface area contributed by atoms with Crippen molar-refractivity contribution in [2.75, 3.05) is 0 Å². The fraction of sp³-hybridized carbons (Fsp3) is 1.00. The van der Waals surface area contributed by atoms with Gasteiger partial charge in [0.05, 0.1) is 6.10 Å². The molecular weight excluding hydrogens is 324 g/mol. The average molecular weight is 355 g/mol. The van der Waals surface area contributed by atoms with Gasteiger partial charge in [-0.2, -0.15) is 0 Å². The zero-order valence-corrected chi connectivity index (χ0v) is 15.2. The molecule has 1 N–H and O–H groups in total. The van der Waals surface area contributed by atoms with Gasteiger partial charge in [-0.15, -0.1) is 0 Å². The summed E-state index contributed by atoms with van der Waals surface area (Å²) in [5.74, 6) is 3.68. The molecule has 8 atom stereocenters. The lowest BCUT2D eigenvalue weighted by molar-refractivity contribution is -0.120. The Labute approximate surface area is 138 Å². The van der Waals surface area contributed by atoms with Crippen LogP contribution in [0.4, 0.5) is 0 Å². The molecular formula is C19H31BrO. The molecule has 0 amide bonds. The van der Waals surface area contributed by atoms with Crippen LogP contribution in [0.3, 0.4) is 0 Å². The minimum atomic E-state index is -0.00751. The van der Waals surface area contributed by atoms with Gasteiger partial charge in [0.15, 0.2) is 0 Å². The quantitative estimate of drug-likeness (QED) is 0.596. The second kappa shape index (κ2) is 4.97. The predicted molar refractivity (Wildman–Crippen MR) is 90.4 cm³/mol. The van der Waals surface area contributed by atoms with E-state index in [-0.39, 0.29) is 6.10 Å². The molecule has 4 fully saturated rings. The Balaban J connectivity index is 1.62. The Morgan fingerprint density at radius 2 is 1.76 bits per heavy atom. The molecule has 4 aliphatic rings. The Hall–Kier alpha value is 0.440. The van der Waals surface area contributed by atoms with Crippen LogP contribution in [0.5, 0.6) is 0 Å². The smallest absolute Gasteiger partial charge is 0.0543 e. The molecule has 0 saturated heterocycles. The van der Waals surface area contributed by atoms with E-state index >= 15 is 0 Å². The minimum Gasteiger partial charge on any atom is -0.393 e. The van der Waals surface area contributed by atoms with Crippen LogP contribution in [0.2, 0.25) is 0 Å². The molecule has 0 heterocycles. The van der Waals surface area contributed by atoms with Gasteiger partial charge in [-0.1, -0.05) is 29.8 Å². The van der Waals surface area contributed by atoms with E-state index in [0.717, 1.165) is 41.3 Å². The first-order valence-corrected chi connectivity index (χ1v) is 10.2. The number of fused-ring (bicyclic) bond motifs is 5. The molecule has 0 unspecified atom stereocenters. The summed E-state index contributed by atoms with van der Waals surface area (Å²) in [4.78, 5) is 0.768. The number of aliphatic hydroxyl groups excluding tert-OH is 1. The van der Waals surface area contributed by atoms with Crippen molar-refractivity contribution in [1.82, 2.24) is 0 Å². The van der Waals surface area contributed by atoms with E-state index in [1.165, 1.54) is 44.9 Å². The van der Waals surface area contributed by atoms with Crippen LogP contribution in [-0.2, 0) is 0 Å². The number of rotatable bonds is 0. The molecule has 4 aliphatic carbocycles. The molecule has 0 aromatic heterocycles. The molecule has 4 rings (SSSR count). The van der Waals surface area contributed by atoms with Gasteiger partial charge < -0.3 is 5.11 Å². The third-order valence-corrected chi connectivity index (χ3v) is 9.05. The topological polar surface area (TPSA) is 20.2 Å². The maximum atomic E-state index is 10.1. The van der Waals surface area contributed by atoms with Gasteiger partial charge in [-0.25, -0.2) is 0 Å². The molecule has 0 aromatic carbocycles. The monoisotopic (exact) mass is 354 g/mol. The lowest BCUT2D eigenvalue weighted by Gasteiger charge is -2.60. The zero-order chi connectivity index (χ0) is 14.8. The molecule has 0 spiro atoms. The first-order valence-electron chi connectivity index (χ1n) is 9.24. The van der Waals surface area contributed by atoms with Crippen LogP contribution >= 0.6 is 15.9 Å². The first kappa shape index (κ1) is 15.0. The second-order valence-electron chi connectivity index (χ2n) is 9.31. The highest BCUT2D eigenvalue weighted by Gasteiger charge is 2.58. The SMILES string of the molecule is C[C@]12CC[C@H]3[C@@H](CC[C@H]4C[C@@H](O)CC[C@@]43C)[C@@H]1C[C@@H](Br)C2. The Kier molecular flexibility index (Phi) is 3.55. The standard InChI is InChI=1S/C19H31BrO/c1-18-7-6-16-15(17(18)10-13(20)11-18)4-3-12-9-14(21)5-8-19(12,16)2/h12-17,21H,3-11H2,1-2H3/t12-,13+,14-,15+,16-,17-,18+,19-/m0/s1. The van der Waals surface area contributed by atoms with Gasteiger partial charge in [-0.3, -0.25) is 0 Å². The average Bonchev–Trinajstić information content (AvgIpc) is 2.74. The molecule has 4 saturated carbocycles. The zero-order valence-electron chi connectivity index (χ0n) is 13.7. The van der Waals surface area contributed by atoms with E-state index in [9.17, 15) is 5.11 Å². The van der Waals surface area contributed by atoms with Gasteiger partial charge in [0.25, 0.3) is 0 Å². The van der Waals surface area contributed by atoms with Crippen LogP contribution in [0, 0.1) is 34.5 Å². The van der Waals surface area contributed by atoms with Crippen molar-refractivity contribution in [2.45, 2.75) is 82.6 Å². The summed E-state index contributed by atoms with van der Waals surface area (Å²) in [6.07, 6.45) is 12.0. The fourth-order valence-electron chi connectivity index (χ4n) is 7.21. The van der Waals surface area contributed by atoms with Crippen LogP contribution in [-0.4, -0.2) is 16.0 Å². The lowest BCUT2D eigenvalue weighted by atomic mass is 9.45. The summed E-state index contributed by atoms with van der Waals surface area (Å²) >= 11 is 3.94. The summed E-state index contributed by atoms with van der Waals surface area (Å²) in [6, 6.07) is 0. The van der Waals surface area contributed by atoms with Crippen molar-refractivity contribution in [3.63, 3.8) is 0 Å². The number of hydrogen-bond donors (Lipinski definition) is 1. The van der Waals surface area contributed by atoms with E-state index in [2.05, 4.69) is 29.8 Å². The number of alkyl halides is 1. The third-order valence-electron chi connectivity index (χ3n) is 8.35. The molecule has 0 bridgehead atoms. The summed E-state index contributed by atoms with van der Waals surface area (Å²) < 4.78 is 0. The lowest BCUT2D eigenvalue weighted by Crippen LogP contribution is -2.53. The van der Waals surface area contributed by atoms with Crippen molar-refractivity contribution >= 4 is 15.9 Å². The molecule has 120 valence electrons.